The summed E-state index contributed by atoms with van der Waals surface area (Å²) in [5, 5.41) is 4.36. The Labute approximate surface area is 141 Å². The highest BCUT2D eigenvalue weighted by atomic mass is 35.5. The highest BCUT2D eigenvalue weighted by Crippen LogP contribution is 2.39. The lowest BCUT2D eigenvalue weighted by Crippen LogP contribution is -2.26. The van der Waals surface area contributed by atoms with Crippen LogP contribution in [0.25, 0.3) is 0 Å². The van der Waals surface area contributed by atoms with Crippen LogP contribution in [-0.4, -0.2) is 20.3 Å². The first-order valence-corrected chi connectivity index (χ1v) is 8.08. The van der Waals surface area contributed by atoms with Crippen molar-refractivity contribution in [2.45, 2.75) is 38.2 Å². The maximum absolute atomic E-state index is 14.0. The number of hydrogen-bond donors (Lipinski definition) is 0. The molecule has 0 bridgehead atoms. The first kappa shape index (κ1) is 17.1. The van der Waals surface area contributed by atoms with E-state index in [1.807, 2.05) is 0 Å². The lowest BCUT2D eigenvalue weighted by Gasteiger charge is -2.13. The standard InChI is InChI=1S/C16H17ClF3N3O/c1-22-15(24)23(9-10-5-6-16(19,20)8-10)14(21-22)7-11-12(17)3-2-4-13(11)18/h2-4,10H,5-9H2,1H3. The fourth-order valence-corrected chi connectivity index (χ4v) is 3.41. The Hall–Kier alpha value is -1.76. The molecular formula is C16H17ClF3N3O. The maximum Gasteiger partial charge on any atom is 0.345 e. The second-order valence-electron chi connectivity index (χ2n) is 6.27. The molecule has 1 fully saturated rings. The fraction of sp³-hybridized carbons (Fsp3) is 0.500. The molecule has 2 aromatic rings. The molecule has 0 radical (unpaired) electrons. The summed E-state index contributed by atoms with van der Waals surface area (Å²) in [4.78, 5) is 12.2. The van der Waals surface area contributed by atoms with E-state index in [9.17, 15) is 18.0 Å². The van der Waals surface area contributed by atoms with Crippen molar-refractivity contribution in [1.82, 2.24) is 14.3 Å². The Morgan fingerprint density at radius 3 is 2.79 bits per heavy atom. The van der Waals surface area contributed by atoms with Gasteiger partial charge in [-0.25, -0.2) is 22.6 Å². The van der Waals surface area contributed by atoms with Crippen molar-refractivity contribution < 1.29 is 13.2 Å². The van der Waals surface area contributed by atoms with Crippen LogP contribution >= 0.6 is 11.6 Å². The minimum Gasteiger partial charge on any atom is -0.278 e. The van der Waals surface area contributed by atoms with Gasteiger partial charge in [0.15, 0.2) is 0 Å². The minimum atomic E-state index is -2.68. The van der Waals surface area contributed by atoms with Gasteiger partial charge in [-0.05, 0) is 24.5 Å². The number of aryl methyl sites for hydroxylation is 1. The van der Waals surface area contributed by atoms with Gasteiger partial charge in [0.25, 0.3) is 0 Å². The van der Waals surface area contributed by atoms with E-state index in [0.29, 0.717) is 12.2 Å². The highest BCUT2D eigenvalue weighted by Gasteiger charge is 2.39. The molecular weight excluding hydrogens is 343 g/mol. The van der Waals surface area contributed by atoms with Crippen LogP contribution in [0, 0.1) is 11.7 Å². The molecule has 0 saturated heterocycles. The zero-order chi connectivity index (χ0) is 17.5. The van der Waals surface area contributed by atoms with Gasteiger partial charge in [-0.3, -0.25) is 4.57 Å². The van der Waals surface area contributed by atoms with Gasteiger partial charge in [-0.1, -0.05) is 17.7 Å². The van der Waals surface area contributed by atoms with E-state index in [1.54, 1.807) is 6.07 Å². The molecule has 1 aromatic heterocycles. The normalized spacial score (nSPS) is 19.8. The molecule has 1 atom stereocenters. The summed E-state index contributed by atoms with van der Waals surface area (Å²) in [6.45, 7) is 0.156. The number of hydrogen-bond acceptors (Lipinski definition) is 2. The molecule has 0 aliphatic heterocycles. The molecule has 0 amide bonds. The predicted molar refractivity (Wildman–Crippen MR) is 84.0 cm³/mol. The molecule has 1 saturated carbocycles. The molecule has 1 heterocycles. The molecule has 0 spiro atoms. The van der Waals surface area contributed by atoms with Crippen LogP contribution < -0.4 is 5.69 Å². The van der Waals surface area contributed by atoms with E-state index in [0.717, 1.165) is 4.68 Å². The van der Waals surface area contributed by atoms with Crippen molar-refractivity contribution in [3.8, 4) is 0 Å². The van der Waals surface area contributed by atoms with Gasteiger partial charge in [0, 0.05) is 43.4 Å². The van der Waals surface area contributed by atoms with Gasteiger partial charge < -0.3 is 0 Å². The summed E-state index contributed by atoms with van der Waals surface area (Å²) in [7, 11) is 1.48. The Kier molecular flexibility index (Phi) is 4.46. The Morgan fingerprint density at radius 2 is 2.17 bits per heavy atom. The zero-order valence-electron chi connectivity index (χ0n) is 13.1. The Morgan fingerprint density at radius 1 is 1.42 bits per heavy atom. The van der Waals surface area contributed by atoms with Crippen LogP contribution in [0.4, 0.5) is 13.2 Å². The summed E-state index contributed by atoms with van der Waals surface area (Å²) in [6, 6.07) is 4.33. The lowest BCUT2D eigenvalue weighted by atomic mass is 10.1. The number of alkyl halides is 2. The molecule has 4 nitrogen and oxygen atoms in total. The third-order valence-corrected chi connectivity index (χ3v) is 4.78. The minimum absolute atomic E-state index is 0.0324. The predicted octanol–water partition coefficient (Wildman–Crippen LogP) is 3.40. The monoisotopic (exact) mass is 359 g/mol. The van der Waals surface area contributed by atoms with Gasteiger partial charge in [0.05, 0.1) is 0 Å². The van der Waals surface area contributed by atoms with E-state index in [-0.39, 0.29) is 42.3 Å². The van der Waals surface area contributed by atoms with Crippen molar-refractivity contribution in [3.05, 3.63) is 50.9 Å². The van der Waals surface area contributed by atoms with Crippen LogP contribution in [0.3, 0.4) is 0 Å². The third-order valence-electron chi connectivity index (χ3n) is 4.43. The maximum atomic E-state index is 14.0. The molecule has 1 aliphatic rings. The molecule has 8 heteroatoms. The Bertz CT molecular complexity index is 795. The van der Waals surface area contributed by atoms with Gasteiger partial charge in [0.1, 0.15) is 11.6 Å². The molecule has 1 unspecified atom stereocenters. The van der Waals surface area contributed by atoms with Gasteiger partial charge in [0.2, 0.25) is 5.92 Å². The van der Waals surface area contributed by atoms with Crippen molar-refractivity contribution in [2.24, 2.45) is 13.0 Å². The number of rotatable bonds is 4. The summed E-state index contributed by atoms with van der Waals surface area (Å²) < 4.78 is 43.2. The zero-order valence-corrected chi connectivity index (χ0v) is 13.9. The van der Waals surface area contributed by atoms with Crippen molar-refractivity contribution in [3.63, 3.8) is 0 Å². The third kappa shape index (κ3) is 3.36. The molecule has 1 aliphatic carbocycles. The summed E-state index contributed by atoms with van der Waals surface area (Å²) in [6.07, 6.45) is -0.0195. The average molecular weight is 360 g/mol. The first-order chi connectivity index (χ1) is 11.3. The van der Waals surface area contributed by atoms with Crippen LogP contribution in [0.15, 0.2) is 23.0 Å². The van der Waals surface area contributed by atoms with E-state index >= 15 is 0 Å². The molecule has 24 heavy (non-hydrogen) atoms. The molecule has 3 rings (SSSR count). The molecule has 0 N–H and O–H groups in total. The second kappa shape index (κ2) is 6.27. The largest absolute Gasteiger partial charge is 0.345 e. The van der Waals surface area contributed by atoms with E-state index in [1.165, 1.54) is 23.7 Å². The molecule has 1 aromatic carbocycles. The highest BCUT2D eigenvalue weighted by molar-refractivity contribution is 6.31. The van der Waals surface area contributed by atoms with Crippen molar-refractivity contribution in [2.75, 3.05) is 0 Å². The summed E-state index contributed by atoms with van der Waals surface area (Å²) >= 11 is 6.02. The first-order valence-electron chi connectivity index (χ1n) is 7.70. The average Bonchev–Trinajstić information content (AvgIpc) is 2.97. The number of aromatic nitrogens is 3. The van der Waals surface area contributed by atoms with Gasteiger partial charge in [-0.2, -0.15) is 5.10 Å². The van der Waals surface area contributed by atoms with Crippen LogP contribution in [-0.2, 0) is 20.0 Å². The van der Waals surface area contributed by atoms with Gasteiger partial charge in [-0.15, -0.1) is 0 Å². The van der Waals surface area contributed by atoms with Crippen molar-refractivity contribution in [1.29, 1.82) is 0 Å². The van der Waals surface area contributed by atoms with Gasteiger partial charge >= 0.3 is 5.69 Å². The number of halogens is 4. The van der Waals surface area contributed by atoms with Crippen LogP contribution in [0.1, 0.15) is 30.7 Å². The number of nitrogens with zero attached hydrogens (tertiary/aromatic N) is 3. The summed E-state index contributed by atoms with van der Waals surface area (Å²) in [5.41, 5.74) is -0.157. The molecule has 130 valence electrons. The van der Waals surface area contributed by atoms with E-state index in [2.05, 4.69) is 5.10 Å². The van der Waals surface area contributed by atoms with Crippen LogP contribution in [0.5, 0.6) is 0 Å². The fourth-order valence-electron chi connectivity index (χ4n) is 3.18. The Balaban J connectivity index is 1.89. The topological polar surface area (TPSA) is 39.8 Å². The SMILES string of the molecule is Cn1nc(Cc2c(F)cccc2Cl)n(CC2CCC(F)(F)C2)c1=O. The van der Waals surface area contributed by atoms with Crippen molar-refractivity contribution >= 4 is 11.6 Å². The smallest absolute Gasteiger partial charge is 0.278 e. The quantitative estimate of drug-likeness (QED) is 0.839. The van der Waals surface area contributed by atoms with Crippen LogP contribution in [0.2, 0.25) is 5.02 Å². The number of benzene rings is 1. The lowest BCUT2D eigenvalue weighted by molar-refractivity contribution is 0.00428. The summed E-state index contributed by atoms with van der Waals surface area (Å²) in [5.74, 6) is -3.13. The second-order valence-corrected chi connectivity index (χ2v) is 6.68. The van der Waals surface area contributed by atoms with E-state index in [4.69, 9.17) is 11.6 Å². The van der Waals surface area contributed by atoms with E-state index < -0.39 is 17.4 Å².